The number of aromatic nitrogens is 2. The van der Waals surface area contributed by atoms with Crippen molar-refractivity contribution >= 4 is 18.3 Å². The number of rotatable bonds is 4. The van der Waals surface area contributed by atoms with Crippen molar-refractivity contribution < 1.29 is 13.9 Å². The van der Waals surface area contributed by atoms with Gasteiger partial charge < -0.3 is 8.94 Å². The average Bonchev–Trinajstić information content (AvgIpc) is 3.09. The van der Waals surface area contributed by atoms with Gasteiger partial charge in [0, 0.05) is 0 Å². The van der Waals surface area contributed by atoms with E-state index in [9.17, 15) is 10.1 Å². The van der Waals surface area contributed by atoms with Gasteiger partial charge in [-0.25, -0.2) is 0 Å². The standard InChI is InChI=1S/C11H12N4O4.ClH/c16-15(17)10-4-3-8(18-10)11-12-9(13-19-11)7-14-5-1-2-6-14;/h3-4H,1-2,5-7H2;1H. The zero-order valence-corrected chi connectivity index (χ0v) is 11.3. The molecule has 1 fully saturated rings. The molecule has 0 spiro atoms. The molecule has 0 radical (unpaired) electrons. The average molecular weight is 301 g/mol. The first-order valence-electron chi connectivity index (χ1n) is 6.02. The molecule has 0 bridgehead atoms. The Hall–Kier alpha value is -1.93. The molecule has 0 atom stereocenters. The lowest BCUT2D eigenvalue weighted by molar-refractivity contribution is -0.401. The fraction of sp³-hybridized carbons (Fsp3) is 0.455. The molecule has 3 rings (SSSR count). The fourth-order valence-electron chi connectivity index (χ4n) is 2.10. The molecule has 1 aliphatic heterocycles. The van der Waals surface area contributed by atoms with Crippen molar-refractivity contribution in [1.29, 1.82) is 0 Å². The Morgan fingerprint density at radius 3 is 2.75 bits per heavy atom. The number of nitro groups is 1. The molecule has 0 aliphatic carbocycles. The van der Waals surface area contributed by atoms with Gasteiger partial charge in [-0.05, 0) is 32.0 Å². The summed E-state index contributed by atoms with van der Waals surface area (Å²) in [7, 11) is 0. The Labute approximate surface area is 120 Å². The number of nitrogens with zero attached hydrogens (tertiary/aromatic N) is 4. The summed E-state index contributed by atoms with van der Waals surface area (Å²) in [5.41, 5.74) is 0. The molecule has 0 saturated carbocycles. The van der Waals surface area contributed by atoms with Crippen LogP contribution in [0.2, 0.25) is 0 Å². The molecule has 2 aromatic heterocycles. The molecule has 8 nitrogen and oxygen atoms in total. The van der Waals surface area contributed by atoms with Gasteiger partial charge in [0.15, 0.2) is 11.6 Å². The Balaban J connectivity index is 0.00000147. The van der Waals surface area contributed by atoms with E-state index in [4.69, 9.17) is 8.94 Å². The molecule has 20 heavy (non-hydrogen) atoms. The van der Waals surface area contributed by atoms with Gasteiger partial charge >= 0.3 is 5.88 Å². The minimum Gasteiger partial charge on any atom is -0.395 e. The van der Waals surface area contributed by atoms with Crippen LogP contribution in [0.25, 0.3) is 11.7 Å². The number of hydrogen-bond donors (Lipinski definition) is 0. The van der Waals surface area contributed by atoms with Crippen molar-refractivity contribution in [3.8, 4) is 11.7 Å². The van der Waals surface area contributed by atoms with Gasteiger partial charge in [-0.15, -0.1) is 12.4 Å². The quantitative estimate of drug-likeness (QED) is 0.630. The molecule has 108 valence electrons. The predicted molar refractivity (Wildman–Crippen MR) is 70.4 cm³/mol. The van der Waals surface area contributed by atoms with E-state index < -0.39 is 4.92 Å². The van der Waals surface area contributed by atoms with Crippen LogP contribution in [0.15, 0.2) is 21.1 Å². The molecule has 9 heteroatoms. The topological polar surface area (TPSA) is 98.4 Å². The van der Waals surface area contributed by atoms with Crippen LogP contribution in [0.3, 0.4) is 0 Å². The SMILES string of the molecule is Cl.O=[N+]([O-])c1ccc(-c2nc(CN3CCCC3)no2)o1. The normalized spacial score (nSPS) is 15.2. The highest BCUT2D eigenvalue weighted by Crippen LogP contribution is 2.24. The summed E-state index contributed by atoms with van der Waals surface area (Å²) in [6, 6.07) is 2.71. The molecule has 0 aromatic carbocycles. The van der Waals surface area contributed by atoms with Crippen LogP contribution in [-0.2, 0) is 6.54 Å². The molecule has 0 N–H and O–H groups in total. The third-order valence-corrected chi connectivity index (χ3v) is 3.01. The largest absolute Gasteiger partial charge is 0.433 e. The highest BCUT2D eigenvalue weighted by Gasteiger charge is 2.19. The first kappa shape index (κ1) is 14.5. The third kappa shape index (κ3) is 2.97. The van der Waals surface area contributed by atoms with Crippen molar-refractivity contribution in [2.24, 2.45) is 0 Å². The van der Waals surface area contributed by atoms with Gasteiger partial charge in [0.2, 0.25) is 0 Å². The van der Waals surface area contributed by atoms with Crippen LogP contribution in [0, 0.1) is 10.1 Å². The van der Waals surface area contributed by atoms with Gasteiger partial charge in [0.25, 0.3) is 5.89 Å². The number of hydrogen-bond acceptors (Lipinski definition) is 7. The lowest BCUT2D eigenvalue weighted by atomic mass is 10.4. The zero-order chi connectivity index (χ0) is 13.2. The summed E-state index contributed by atoms with van der Waals surface area (Å²) in [5, 5.41) is 14.4. The summed E-state index contributed by atoms with van der Waals surface area (Å²) in [5.74, 6) is 0.611. The van der Waals surface area contributed by atoms with E-state index in [1.54, 1.807) is 0 Å². The summed E-state index contributed by atoms with van der Waals surface area (Å²) in [4.78, 5) is 16.3. The van der Waals surface area contributed by atoms with Crippen LogP contribution in [-0.4, -0.2) is 33.1 Å². The summed E-state index contributed by atoms with van der Waals surface area (Å²) in [6.07, 6.45) is 2.38. The van der Waals surface area contributed by atoms with E-state index in [0.717, 1.165) is 13.1 Å². The summed E-state index contributed by atoms with van der Waals surface area (Å²) in [6.45, 7) is 2.71. The lowest BCUT2D eigenvalue weighted by Crippen LogP contribution is -2.19. The number of likely N-dealkylation sites (tertiary alicyclic amines) is 1. The van der Waals surface area contributed by atoms with Crippen molar-refractivity contribution in [3.63, 3.8) is 0 Å². The van der Waals surface area contributed by atoms with Crippen LogP contribution >= 0.6 is 12.4 Å². The van der Waals surface area contributed by atoms with E-state index in [2.05, 4.69) is 15.0 Å². The number of furan rings is 1. The second kappa shape index (κ2) is 6.02. The summed E-state index contributed by atoms with van der Waals surface area (Å²) < 4.78 is 10.1. The lowest BCUT2D eigenvalue weighted by Gasteiger charge is -2.10. The van der Waals surface area contributed by atoms with Crippen molar-refractivity contribution in [2.75, 3.05) is 13.1 Å². The molecule has 0 unspecified atom stereocenters. The highest BCUT2D eigenvalue weighted by atomic mass is 35.5. The van der Waals surface area contributed by atoms with Crippen LogP contribution in [0.5, 0.6) is 0 Å². The van der Waals surface area contributed by atoms with E-state index in [0.29, 0.717) is 12.4 Å². The third-order valence-electron chi connectivity index (χ3n) is 3.01. The van der Waals surface area contributed by atoms with Crippen molar-refractivity contribution in [1.82, 2.24) is 15.0 Å². The van der Waals surface area contributed by atoms with E-state index in [-0.39, 0.29) is 29.9 Å². The van der Waals surface area contributed by atoms with Crippen molar-refractivity contribution in [3.05, 3.63) is 28.1 Å². The minimum atomic E-state index is -0.606. The van der Waals surface area contributed by atoms with Crippen LogP contribution in [0.4, 0.5) is 5.88 Å². The van der Waals surface area contributed by atoms with Gasteiger partial charge in [0.1, 0.15) is 4.92 Å². The first-order chi connectivity index (χ1) is 9.22. The molecule has 1 aliphatic rings. The maximum Gasteiger partial charge on any atom is 0.433 e. The van der Waals surface area contributed by atoms with Gasteiger partial charge in [-0.1, -0.05) is 5.16 Å². The Morgan fingerprint density at radius 2 is 2.10 bits per heavy atom. The predicted octanol–water partition coefficient (Wildman–Crippen LogP) is 2.26. The number of halogens is 1. The first-order valence-corrected chi connectivity index (χ1v) is 6.02. The second-order valence-corrected chi connectivity index (χ2v) is 4.39. The Morgan fingerprint density at radius 1 is 1.35 bits per heavy atom. The van der Waals surface area contributed by atoms with Gasteiger partial charge in [-0.3, -0.25) is 15.0 Å². The summed E-state index contributed by atoms with van der Waals surface area (Å²) >= 11 is 0. The fourth-order valence-corrected chi connectivity index (χ4v) is 2.10. The molecular weight excluding hydrogens is 288 g/mol. The van der Waals surface area contributed by atoms with E-state index >= 15 is 0 Å². The van der Waals surface area contributed by atoms with Gasteiger partial charge in [0.05, 0.1) is 12.6 Å². The maximum absolute atomic E-state index is 10.5. The second-order valence-electron chi connectivity index (χ2n) is 4.39. The van der Waals surface area contributed by atoms with Crippen LogP contribution < -0.4 is 0 Å². The zero-order valence-electron chi connectivity index (χ0n) is 10.5. The Kier molecular flexibility index (Phi) is 4.35. The smallest absolute Gasteiger partial charge is 0.395 e. The Bertz CT molecular complexity index is 591. The van der Waals surface area contributed by atoms with Crippen LogP contribution in [0.1, 0.15) is 18.7 Å². The van der Waals surface area contributed by atoms with Gasteiger partial charge in [-0.2, -0.15) is 4.98 Å². The molecule has 3 heterocycles. The minimum absolute atomic E-state index is 0. The monoisotopic (exact) mass is 300 g/mol. The molecule has 2 aromatic rings. The van der Waals surface area contributed by atoms with E-state index in [1.165, 1.54) is 25.0 Å². The molecule has 1 saturated heterocycles. The van der Waals surface area contributed by atoms with Crippen molar-refractivity contribution in [2.45, 2.75) is 19.4 Å². The molecule has 0 amide bonds. The molecular formula is C11H13ClN4O4. The maximum atomic E-state index is 10.5. The van der Waals surface area contributed by atoms with E-state index in [1.807, 2.05) is 0 Å². The highest BCUT2D eigenvalue weighted by molar-refractivity contribution is 5.85.